The Morgan fingerprint density at radius 3 is 2.82 bits per heavy atom. The number of aliphatic carboxylic acids is 1. The van der Waals surface area contributed by atoms with Crippen molar-refractivity contribution >= 4 is 12.0 Å². The van der Waals surface area contributed by atoms with E-state index in [0.29, 0.717) is 13.1 Å². The third-order valence-corrected chi connectivity index (χ3v) is 2.67. The number of carboxylic acid groups (broad SMARTS) is 1. The van der Waals surface area contributed by atoms with Crippen molar-refractivity contribution in [3.8, 4) is 0 Å². The Hall–Kier alpha value is -1.56. The predicted octanol–water partition coefficient (Wildman–Crippen LogP) is 0.102. The van der Waals surface area contributed by atoms with Crippen molar-refractivity contribution in [2.45, 2.75) is 18.9 Å². The van der Waals surface area contributed by atoms with Gasteiger partial charge < -0.3 is 20.6 Å². The Bertz CT molecular complexity index is 306. The molecule has 0 spiro atoms. The summed E-state index contributed by atoms with van der Waals surface area (Å²) in [5, 5.41) is 8.74. The zero-order valence-electron chi connectivity index (χ0n) is 9.84. The lowest BCUT2D eigenvalue weighted by molar-refractivity contribution is -0.137. The molecule has 0 saturated carbocycles. The van der Waals surface area contributed by atoms with Gasteiger partial charge in [0.1, 0.15) is 6.54 Å². The van der Waals surface area contributed by atoms with E-state index in [1.807, 2.05) is 0 Å². The van der Waals surface area contributed by atoms with Gasteiger partial charge in [0.25, 0.3) is 0 Å². The highest BCUT2D eigenvalue weighted by molar-refractivity contribution is 5.80. The van der Waals surface area contributed by atoms with Crippen molar-refractivity contribution in [3.05, 3.63) is 12.7 Å². The molecule has 3 N–H and O–H groups in total. The zero-order valence-corrected chi connectivity index (χ0v) is 9.84. The van der Waals surface area contributed by atoms with E-state index in [1.54, 1.807) is 4.90 Å². The number of hydrogen-bond donors (Lipinski definition) is 2. The van der Waals surface area contributed by atoms with Gasteiger partial charge in [-0.15, -0.1) is 6.58 Å². The number of rotatable bonds is 4. The Morgan fingerprint density at radius 1 is 1.59 bits per heavy atom. The van der Waals surface area contributed by atoms with E-state index >= 15 is 0 Å². The quantitative estimate of drug-likeness (QED) is 0.683. The first kappa shape index (κ1) is 13.5. The Balaban J connectivity index is 2.62. The third kappa shape index (κ3) is 4.07. The second-order valence-corrected chi connectivity index (χ2v) is 4.19. The summed E-state index contributed by atoms with van der Waals surface area (Å²) in [7, 11) is 0. The summed E-state index contributed by atoms with van der Waals surface area (Å²) in [5.41, 5.74) is 5.79. The Morgan fingerprint density at radius 2 is 2.29 bits per heavy atom. The maximum absolute atomic E-state index is 12.1. The van der Waals surface area contributed by atoms with E-state index in [4.69, 9.17) is 10.8 Å². The number of likely N-dealkylation sites (tertiary alicyclic amines) is 1. The number of carboxylic acids is 1. The highest BCUT2D eigenvalue weighted by Crippen LogP contribution is 2.10. The highest BCUT2D eigenvalue weighted by Gasteiger charge is 2.25. The van der Waals surface area contributed by atoms with E-state index < -0.39 is 5.97 Å². The first-order valence-corrected chi connectivity index (χ1v) is 5.66. The van der Waals surface area contributed by atoms with Crippen LogP contribution >= 0.6 is 0 Å². The largest absolute Gasteiger partial charge is 0.480 e. The first-order valence-electron chi connectivity index (χ1n) is 5.66. The molecule has 0 radical (unpaired) electrons. The highest BCUT2D eigenvalue weighted by atomic mass is 16.4. The van der Waals surface area contributed by atoms with Gasteiger partial charge in [-0.2, -0.15) is 0 Å². The molecule has 17 heavy (non-hydrogen) atoms. The number of carbonyl (C=O) groups excluding carboxylic acids is 1. The van der Waals surface area contributed by atoms with E-state index in [1.165, 1.54) is 11.0 Å². The van der Waals surface area contributed by atoms with Crippen molar-refractivity contribution < 1.29 is 14.7 Å². The number of piperidine rings is 1. The number of amides is 2. The molecule has 1 saturated heterocycles. The molecule has 1 aliphatic rings. The summed E-state index contributed by atoms with van der Waals surface area (Å²) in [6, 6.07) is -0.287. The first-order chi connectivity index (χ1) is 8.04. The lowest BCUT2D eigenvalue weighted by Gasteiger charge is -2.34. The lowest BCUT2D eigenvalue weighted by Crippen LogP contribution is -2.51. The molecule has 1 atom stereocenters. The van der Waals surface area contributed by atoms with E-state index in [9.17, 15) is 9.59 Å². The fourth-order valence-corrected chi connectivity index (χ4v) is 1.91. The molecule has 1 heterocycles. The van der Waals surface area contributed by atoms with Crippen LogP contribution in [0.1, 0.15) is 12.8 Å². The number of hydrogen-bond acceptors (Lipinski definition) is 3. The molecule has 2 amide bonds. The van der Waals surface area contributed by atoms with Crippen LogP contribution < -0.4 is 5.73 Å². The molecule has 0 aromatic carbocycles. The fraction of sp³-hybridized carbons (Fsp3) is 0.636. The van der Waals surface area contributed by atoms with Gasteiger partial charge in [-0.1, -0.05) is 6.08 Å². The summed E-state index contributed by atoms with van der Waals surface area (Å²) in [6.45, 7) is 4.58. The number of carbonyl (C=O) groups is 2. The summed E-state index contributed by atoms with van der Waals surface area (Å²) >= 11 is 0. The molecule has 1 rings (SSSR count). The minimum absolute atomic E-state index is 0.0110. The van der Waals surface area contributed by atoms with Gasteiger partial charge in [-0.05, 0) is 12.8 Å². The van der Waals surface area contributed by atoms with Gasteiger partial charge in [0.2, 0.25) is 0 Å². The SMILES string of the molecule is C=CCN(CC(=O)O)C(=O)N1CCCC(N)C1. The van der Waals surface area contributed by atoms with Gasteiger partial charge in [0, 0.05) is 25.7 Å². The van der Waals surface area contributed by atoms with Crippen molar-refractivity contribution in [2.24, 2.45) is 5.73 Å². The average Bonchev–Trinajstić information content (AvgIpc) is 2.27. The maximum Gasteiger partial charge on any atom is 0.323 e. The predicted molar refractivity (Wildman–Crippen MR) is 63.6 cm³/mol. The lowest BCUT2D eigenvalue weighted by atomic mass is 10.1. The number of urea groups is 1. The van der Waals surface area contributed by atoms with Gasteiger partial charge in [0.05, 0.1) is 0 Å². The van der Waals surface area contributed by atoms with Crippen LogP contribution in [-0.4, -0.2) is 59.1 Å². The van der Waals surface area contributed by atoms with E-state index in [0.717, 1.165) is 12.8 Å². The minimum Gasteiger partial charge on any atom is -0.480 e. The van der Waals surface area contributed by atoms with E-state index in [2.05, 4.69) is 6.58 Å². The topological polar surface area (TPSA) is 86.9 Å². The molecule has 0 aromatic heterocycles. The van der Waals surface area contributed by atoms with Gasteiger partial charge in [-0.25, -0.2) is 4.79 Å². The van der Waals surface area contributed by atoms with Crippen LogP contribution in [0.3, 0.4) is 0 Å². The van der Waals surface area contributed by atoms with Crippen LogP contribution in [0.15, 0.2) is 12.7 Å². The molecule has 1 unspecified atom stereocenters. The van der Waals surface area contributed by atoms with E-state index in [-0.39, 0.29) is 25.2 Å². The summed E-state index contributed by atoms with van der Waals surface area (Å²) in [6.07, 6.45) is 3.29. The van der Waals surface area contributed by atoms with Crippen LogP contribution in [0.4, 0.5) is 4.79 Å². The Labute approximate surface area is 101 Å². The minimum atomic E-state index is -1.03. The van der Waals surface area contributed by atoms with Crippen LogP contribution in [0, 0.1) is 0 Å². The molecular weight excluding hydrogens is 222 g/mol. The van der Waals surface area contributed by atoms with Crippen LogP contribution in [0.25, 0.3) is 0 Å². The summed E-state index contributed by atoms with van der Waals surface area (Å²) in [4.78, 5) is 25.6. The van der Waals surface area contributed by atoms with Crippen LogP contribution in [0.2, 0.25) is 0 Å². The fourth-order valence-electron chi connectivity index (χ4n) is 1.91. The number of nitrogens with two attached hydrogens (primary N) is 1. The van der Waals surface area contributed by atoms with Crippen molar-refractivity contribution in [1.29, 1.82) is 0 Å². The smallest absolute Gasteiger partial charge is 0.323 e. The molecule has 6 heteroatoms. The van der Waals surface area contributed by atoms with Crippen molar-refractivity contribution in [3.63, 3.8) is 0 Å². The summed E-state index contributed by atoms with van der Waals surface area (Å²) in [5.74, 6) is -1.03. The second-order valence-electron chi connectivity index (χ2n) is 4.19. The normalized spacial score (nSPS) is 19.8. The van der Waals surface area contributed by atoms with Crippen molar-refractivity contribution in [2.75, 3.05) is 26.2 Å². The van der Waals surface area contributed by atoms with Gasteiger partial charge in [-0.3, -0.25) is 4.79 Å². The third-order valence-electron chi connectivity index (χ3n) is 2.67. The monoisotopic (exact) mass is 241 g/mol. The van der Waals surface area contributed by atoms with Crippen LogP contribution in [0.5, 0.6) is 0 Å². The summed E-state index contributed by atoms with van der Waals surface area (Å²) < 4.78 is 0. The van der Waals surface area contributed by atoms with Crippen molar-refractivity contribution in [1.82, 2.24) is 9.80 Å². The molecule has 96 valence electrons. The standard InChI is InChI=1S/C11H19N3O3/c1-2-5-13(8-10(15)16)11(17)14-6-3-4-9(12)7-14/h2,9H,1,3-8,12H2,(H,15,16). The number of nitrogens with zero attached hydrogens (tertiary/aromatic N) is 2. The second kappa shape index (κ2) is 6.24. The molecule has 0 aliphatic carbocycles. The molecule has 1 fully saturated rings. The van der Waals surface area contributed by atoms with Gasteiger partial charge in [0.15, 0.2) is 0 Å². The molecule has 0 aromatic rings. The molecular formula is C11H19N3O3. The van der Waals surface area contributed by atoms with Crippen LogP contribution in [-0.2, 0) is 4.79 Å². The zero-order chi connectivity index (χ0) is 12.8. The molecule has 6 nitrogen and oxygen atoms in total. The molecule has 0 bridgehead atoms. The molecule has 1 aliphatic heterocycles. The maximum atomic E-state index is 12.1. The Kier molecular flexibility index (Phi) is 4.96. The van der Waals surface area contributed by atoms with Gasteiger partial charge >= 0.3 is 12.0 Å². The average molecular weight is 241 g/mol.